The smallest absolute Gasteiger partial charge is 0.275 e. The second kappa shape index (κ2) is 7.44. The predicted octanol–water partition coefficient (Wildman–Crippen LogP) is 1.40. The highest BCUT2D eigenvalue weighted by atomic mass is 16.2. The molecule has 1 aliphatic rings. The number of likely N-dealkylation sites (N-methyl/N-ethyl adjacent to an activating group) is 1. The largest absolute Gasteiger partial charge is 0.348 e. The molecule has 20 heavy (non-hydrogen) atoms. The van der Waals surface area contributed by atoms with Gasteiger partial charge in [0.05, 0.1) is 7.05 Å². The maximum absolute atomic E-state index is 12.1. The van der Waals surface area contributed by atoms with Crippen LogP contribution in [0, 0.1) is 5.92 Å². The lowest BCUT2D eigenvalue weighted by Gasteiger charge is -2.29. The van der Waals surface area contributed by atoms with E-state index in [0.717, 1.165) is 13.0 Å². The van der Waals surface area contributed by atoms with Crippen LogP contribution < -0.4 is 10.2 Å². The number of carbonyl (C=O) groups is 1. The van der Waals surface area contributed by atoms with E-state index in [-0.39, 0.29) is 5.91 Å². The Balaban J connectivity index is 1.76. The average molecular weight is 275 g/mol. The SMILES string of the molecule is C[C@@H]1CCCC[C@H]1NC(=O)C[NH+](C)Cc1ccccc1. The average Bonchev–Trinajstić information content (AvgIpc) is 2.42. The minimum Gasteiger partial charge on any atom is -0.348 e. The standard InChI is InChI=1S/C17H26N2O/c1-14-8-6-7-11-16(14)18-17(20)13-19(2)12-15-9-4-3-5-10-15/h3-5,9-10,14,16H,6-8,11-13H2,1-2H3,(H,18,20)/p+1/t14-,16-/m1/s1. The van der Waals surface area contributed by atoms with Crippen LogP contribution in [0.3, 0.4) is 0 Å². The molecule has 110 valence electrons. The van der Waals surface area contributed by atoms with E-state index in [1.54, 1.807) is 0 Å². The molecule has 1 amide bonds. The number of rotatable bonds is 5. The van der Waals surface area contributed by atoms with Crippen molar-refractivity contribution in [1.29, 1.82) is 0 Å². The lowest BCUT2D eigenvalue weighted by atomic mass is 9.86. The zero-order chi connectivity index (χ0) is 14.4. The predicted molar refractivity (Wildman–Crippen MR) is 81.5 cm³/mol. The molecule has 0 radical (unpaired) electrons. The van der Waals surface area contributed by atoms with Gasteiger partial charge in [0, 0.05) is 11.6 Å². The lowest BCUT2D eigenvalue weighted by molar-refractivity contribution is -0.885. The first kappa shape index (κ1) is 15.0. The minimum atomic E-state index is 0.192. The van der Waals surface area contributed by atoms with E-state index in [4.69, 9.17) is 0 Å². The third kappa shape index (κ3) is 4.64. The van der Waals surface area contributed by atoms with Gasteiger partial charge in [-0.05, 0) is 18.8 Å². The van der Waals surface area contributed by atoms with Gasteiger partial charge in [-0.1, -0.05) is 50.1 Å². The van der Waals surface area contributed by atoms with Crippen LogP contribution >= 0.6 is 0 Å². The summed E-state index contributed by atoms with van der Waals surface area (Å²) in [5.74, 6) is 0.819. The van der Waals surface area contributed by atoms with Gasteiger partial charge in [-0.2, -0.15) is 0 Å². The summed E-state index contributed by atoms with van der Waals surface area (Å²) in [5, 5.41) is 3.23. The van der Waals surface area contributed by atoms with Crippen LogP contribution in [0.2, 0.25) is 0 Å². The highest BCUT2D eigenvalue weighted by molar-refractivity contribution is 5.77. The van der Waals surface area contributed by atoms with E-state index >= 15 is 0 Å². The molecule has 1 fully saturated rings. The van der Waals surface area contributed by atoms with E-state index in [9.17, 15) is 4.79 Å². The van der Waals surface area contributed by atoms with Crippen LogP contribution in [-0.4, -0.2) is 25.5 Å². The van der Waals surface area contributed by atoms with E-state index in [1.807, 2.05) is 18.2 Å². The fourth-order valence-corrected chi connectivity index (χ4v) is 3.07. The Morgan fingerprint density at radius 1 is 1.25 bits per heavy atom. The molecular weight excluding hydrogens is 248 g/mol. The molecule has 2 rings (SSSR count). The van der Waals surface area contributed by atoms with Gasteiger partial charge in [0.25, 0.3) is 5.91 Å². The Morgan fingerprint density at radius 3 is 2.65 bits per heavy atom. The summed E-state index contributed by atoms with van der Waals surface area (Å²) in [6.45, 7) is 3.71. The maximum atomic E-state index is 12.1. The van der Waals surface area contributed by atoms with Gasteiger partial charge >= 0.3 is 0 Å². The molecule has 0 aliphatic heterocycles. The molecule has 1 aliphatic carbocycles. The zero-order valence-corrected chi connectivity index (χ0v) is 12.7. The highest BCUT2D eigenvalue weighted by Crippen LogP contribution is 2.23. The van der Waals surface area contributed by atoms with Crippen molar-refractivity contribution in [1.82, 2.24) is 5.32 Å². The molecule has 1 aromatic carbocycles. The van der Waals surface area contributed by atoms with Crippen molar-refractivity contribution in [2.75, 3.05) is 13.6 Å². The van der Waals surface area contributed by atoms with Crippen LogP contribution in [0.15, 0.2) is 30.3 Å². The van der Waals surface area contributed by atoms with Crippen LogP contribution in [0.1, 0.15) is 38.2 Å². The van der Waals surface area contributed by atoms with E-state index in [2.05, 4.69) is 31.4 Å². The first-order chi connectivity index (χ1) is 9.65. The van der Waals surface area contributed by atoms with Crippen LogP contribution in [0.25, 0.3) is 0 Å². The normalized spacial score (nSPS) is 24.1. The number of carbonyl (C=O) groups excluding carboxylic acids is 1. The number of benzene rings is 1. The third-order valence-corrected chi connectivity index (χ3v) is 4.27. The summed E-state index contributed by atoms with van der Waals surface area (Å²) in [4.78, 5) is 13.4. The molecule has 3 atom stereocenters. The second-order valence-electron chi connectivity index (χ2n) is 6.23. The number of hydrogen-bond donors (Lipinski definition) is 2. The molecule has 0 bridgehead atoms. The van der Waals surface area contributed by atoms with Crippen LogP contribution in [-0.2, 0) is 11.3 Å². The van der Waals surface area contributed by atoms with Crippen molar-refractivity contribution in [2.24, 2.45) is 5.92 Å². The molecule has 1 unspecified atom stereocenters. The summed E-state index contributed by atoms with van der Waals surface area (Å²) in [5.41, 5.74) is 1.28. The van der Waals surface area contributed by atoms with Crippen molar-refractivity contribution >= 4 is 5.91 Å². The fraction of sp³-hybridized carbons (Fsp3) is 0.588. The summed E-state index contributed by atoms with van der Waals surface area (Å²) in [6.07, 6.45) is 4.96. The molecule has 3 nitrogen and oxygen atoms in total. The van der Waals surface area contributed by atoms with Gasteiger partial charge in [-0.25, -0.2) is 0 Å². The molecule has 0 spiro atoms. The van der Waals surface area contributed by atoms with E-state index < -0.39 is 0 Å². The Morgan fingerprint density at radius 2 is 1.95 bits per heavy atom. The second-order valence-corrected chi connectivity index (χ2v) is 6.23. The van der Waals surface area contributed by atoms with Gasteiger partial charge < -0.3 is 10.2 Å². The molecule has 0 saturated heterocycles. The Labute approximate surface area is 122 Å². The van der Waals surface area contributed by atoms with Crippen LogP contribution in [0.5, 0.6) is 0 Å². The molecular formula is C17H27N2O+. The van der Waals surface area contributed by atoms with Crippen molar-refractivity contribution in [3.05, 3.63) is 35.9 Å². The first-order valence-corrected chi connectivity index (χ1v) is 7.79. The van der Waals surface area contributed by atoms with Crippen molar-refractivity contribution in [2.45, 2.75) is 45.2 Å². The number of hydrogen-bond acceptors (Lipinski definition) is 1. The minimum absolute atomic E-state index is 0.192. The van der Waals surface area contributed by atoms with Gasteiger partial charge in [-0.15, -0.1) is 0 Å². The molecule has 1 saturated carbocycles. The summed E-state index contributed by atoms with van der Waals surface area (Å²) >= 11 is 0. The van der Waals surface area contributed by atoms with Gasteiger partial charge in [-0.3, -0.25) is 4.79 Å². The summed E-state index contributed by atoms with van der Waals surface area (Å²) < 4.78 is 0. The summed E-state index contributed by atoms with van der Waals surface area (Å²) in [6, 6.07) is 10.7. The van der Waals surface area contributed by atoms with E-state index in [1.165, 1.54) is 29.7 Å². The van der Waals surface area contributed by atoms with Gasteiger partial charge in [0.15, 0.2) is 6.54 Å². The van der Waals surface area contributed by atoms with Gasteiger partial charge in [0.1, 0.15) is 6.54 Å². The fourth-order valence-electron chi connectivity index (χ4n) is 3.07. The Kier molecular flexibility index (Phi) is 5.60. The van der Waals surface area contributed by atoms with Crippen molar-refractivity contribution in [3.63, 3.8) is 0 Å². The van der Waals surface area contributed by atoms with Crippen LogP contribution in [0.4, 0.5) is 0 Å². The topological polar surface area (TPSA) is 33.5 Å². The molecule has 0 aromatic heterocycles. The molecule has 0 heterocycles. The monoisotopic (exact) mass is 275 g/mol. The third-order valence-electron chi connectivity index (χ3n) is 4.27. The number of nitrogens with one attached hydrogen (secondary N) is 2. The Hall–Kier alpha value is -1.35. The molecule has 1 aromatic rings. The lowest BCUT2D eigenvalue weighted by Crippen LogP contribution is -3.09. The molecule has 2 N–H and O–H groups in total. The first-order valence-electron chi connectivity index (χ1n) is 7.79. The maximum Gasteiger partial charge on any atom is 0.275 e. The number of amides is 1. The Bertz CT molecular complexity index is 418. The molecule has 3 heteroatoms. The highest BCUT2D eigenvalue weighted by Gasteiger charge is 2.23. The van der Waals surface area contributed by atoms with Crippen molar-refractivity contribution < 1.29 is 9.69 Å². The van der Waals surface area contributed by atoms with Crippen molar-refractivity contribution in [3.8, 4) is 0 Å². The van der Waals surface area contributed by atoms with Gasteiger partial charge in [0.2, 0.25) is 0 Å². The zero-order valence-electron chi connectivity index (χ0n) is 12.7. The quantitative estimate of drug-likeness (QED) is 0.837. The summed E-state index contributed by atoms with van der Waals surface area (Å²) in [7, 11) is 2.08. The van der Waals surface area contributed by atoms with E-state index in [0.29, 0.717) is 18.5 Å². The number of quaternary nitrogens is 1.